The lowest BCUT2D eigenvalue weighted by atomic mass is 10.0. The summed E-state index contributed by atoms with van der Waals surface area (Å²) in [5.74, 6) is -2.12. The minimum absolute atomic E-state index is 0.0692. The third-order valence-corrected chi connectivity index (χ3v) is 3.04. The Morgan fingerprint density at radius 2 is 1.74 bits per heavy atom. The molecule has 0 heterocycles. The van der Waals surface area contributed by atoms with Crippen LogP contribution in [-0.2, 0) is 0 Å². The summed E-state index contributed by atoms with van der Waals surface area (Å²) in [6.45, 7) is 0. The molecule has 0 saturated heterocycles. The number of carbonyl (C=O) groups excluding carboxylic acids is 1. The minimum Gasteiger partial charge on any atom is -0.507 e. The molecule has 7 nitrogen and oxygen atoms in total. The highest BCUT2D eigenvalue weighted by Gasteiger charge is 2.12. The summed E-state index contributed by atoms with van der Waals surface area (Å²) in [6.07, 6.45) is 2.57. The van der Waals surface area contributed by atoms with E-state index in [1.165, 1.54) is 36.4 Å². The highest BCUT2D eigenvalue weighted by molar-refractivity contribution is 6.09. The van der Waals surface area contributed by atoms with Gasteiger partial charge in [0, 0.05) is 12.1 Å². The molecule has 2 N–H and O–H groups in total. The lowest BCUT2D eigenvalue weighted by molar-refractivity contribution is -0.384. The molecular weight excluding hydrogens is 302 g/mol. The molecular formula is C16H11NO6. The molecule has 2 rings (SSSR count). The Morgan fingerprint density at radius 1 is 1.09 bits per heavy atom. The molecule has 0 aliphatic heterocycles. The summed E-state index contributed by atoms with van der Waals surface area (Å²) < 4.78 is 0. The van der Waals surface area contributed by atoms with Gasteiger partial charge in [-0.3, -0.25) is 14.9 Å². The number of benzene rings is 2. The number of nitro groups is 1. The van der Waals surface area contributed by atoms with Crippen LogP contribution in [-0.4, -0.2) is 26.9 Å². The van der Waals surface area contributed by atoms with E-state index in [4.69, 9.17) is 5.11 Å². The van der Waals surface area contributed by atoms with Gasteiger partial charge >= 0.3 is 5.97 Å². The summed E-state index contributed by atoms with van der Waals surface area (Å²) in [5.41, 5.74) is 0.232. The Balaban J connectivity index is 2.23. The second-order valence-corrected chi connectivity index (χ2v) is 4.58. The number of allylic oxidation sites excluding steroid dienone is 1. The van der Waals surface area contributed by atoms with Crippen LogP contribution in [0.5, 0.6) is 5.75 Å². The average Bonchev–Trinajstić information content (AvgIpc) is 2.53. The van der Waals surface area contributed by atoms with Crippen LogP contribution in [0.15, 0.2) is 48.5 Å². The van der Waals surface area contributed by atoms with Gasteiger partial charge in [0.25, 0.3) is 5.69 Å². The Labute approximate surface area is 130 Å². The van der Waals surface area contributed by atoms with E-state index in [1.807, 2.05) is 0 Å². The second-order valence-electron chi connectivity index (χ2n) is 4.58. The normalized spacial score (nSPS) is 10.6. The van der Waals surface area contributed by atoms with Gasteiger partial charge in [-0.15, -0.1) is 0 Å². The Morgan fingerprint density at radius 3 is 2.30 bits per heavy atom. The van der Waals surface area contributed by atoms with Crippen molar-refractivity contribution in [2.45, 2.75) is 0 Å². The van der Waals surface area contributed by atoms with Gasteiger partial charge in [0.05, 0.1) is 16.1 Å². The molecule has 116 valence electrons. The summed E-state index contributed by atoms with van der Waals surface area (Å²) in [7, 11) is 0. The number of aromatic hydroxyl groups is 1. The fourth-order valence-electron chi connectivity index (χ4n) is 1.84. The summed E-state index contributed by atoms with van der Waals surface area (Å²) >= 11 is 0. The number of carbonyl (C=O) groups is 2. The smallest absolute Gasteiger partial charge is 0.335 e. The summed E-state index contributed by atoms with van der Waals surface area (Å²) in [6, 6.07) is 8.94. The third-order valence-electron chi connectivity index (χ3n) is 3.04. The van der Waals surface area contributed by atoms with Gasteiger partial charge < -0.3 is 10.2 Å². The van der Waals surface area contributed by atoms with Gasteiger partial charge in [-0.25, -0.2) is 4.79 Å². The molecule has 7 heteroatoms. The second kappa shape index (κ2) is 6.52. The molecule has 0 atom stereocenters. The lowest BCUT2D eigenvalue weighted by Gasteiger charge is -2.02. The zero-order valence-corrected chi connectivity index (χ0v) is 11.7. The quantitative estimate of drug-likeness (QED) is 0.379. The average molecular weight is 313 g/mol. The minimum atomic E-state index is -1.21. The van der Waals surface area contributed by atoms with E-state index < -0.39 is 16.7 Å². The maximum atomic E-state index is 12.0. The molecule has 0 fully saturated rings. The van der Waals surface area contributed by atoms with Crippen molar-refractivity contribution in [2.75, 3.05) is 0 Å². The van der Waals surface area contributed by atoms with Crippen LogP contribution in [0, 0.1) is 10.1 Å². The van der Waals surface area contributed by atoms with E-state index in [1.54, 1.807) is 0 Å². The molecule has 0 spiro atoms. The molecule has 0 unspecified atom stereocenters. The topological polar surface area (TPSA) is 118 Å². The highest BCUT2D eigenvalue weighted by atomic mass is 16.6. The Bertz CT molecular complexity index is 808. The van der Waals surface area contributed by atoms with Crippen molar-refractivity contribution >= 4 is 23.5 Å². The first kappa shape index (κ1) is 15.9. The van der Waals surface area contributed by atoms with Gasteiger partial charge in [-0.05, 0) is 42.0 Å². The molecule has 0 amide bonds. The zero-order chi connectivity index (χ0) is 17.0. The van der Waals surface area contributed by atoms with Crippen LogP contribution in [0.2, 0.25) is 0 Å². The first-order valence-corrected chi connectivity index (χ1v) is 6.41. The molecule has 0 aliphatic rings. The number of non-ortho nitro benzene ring substituents is 1. The SMILES string of the molecule is O=C(O)c1ccc(O)c(C(=O)/C=C/c2ccc([N+](=O)[O-])cc2)c1. The van der Waals surface area contributed by atoms with E-state index in [9.17, 15) is 24.8 Å². The van der Waals surface area contributed by atoms with Crippen molar-refractivity contribution in [1.29, 1.82) is 0 Å². The maximum Gasteiger partial charge on any atom is 0.335 e. The van der Waals surface area contributed by atoms with E-state index >= 15 is 0 Å². The van der Waals surface area contributed by atoms with Gasteiger partial charge in [0.1, 0.15) is 5.75 Å². The number of aromatic carboxylic acids is 1. The number of phenolic OH excluding ortho intramolecular Hbond substituents is 1. The van der Waals surface area contributed by atoms with Crippen LogP contribution < -0.4 is 0 Å². The standard InChI is InChI=1S/C16H11NO6/c18-14(13-9-11(16(20)21)4-8-15(13)19)7-3-10-1-5-12(6-2-10)17(22)23/h1-9,19H,(H,20,21)/b7-3+. The molecule has 23 heavy (non-hydrogen) atoms. The van der Waals surface area contributed by atoms with Crippen molar-refractivity contribution in [2.24, 2.45) is 0 Å². The van der Waals surface area contributed by atoms with E-state index in [0.717, 1.165) is 18.2 Å². The molecule has 2 aromatic rings. The monoisotopic (exact) mass is 313 g/mol. The van der Waals surface area contributed by atoms with E-state index in [-0.39, 0.29) is 22.6 Å². The fourth-order valence-corrected chi connectivity index (χ4v) is 1.84. The number of hydrogen-bond donors (Lipinski definition) is 2. The maximum absolute atomic E-state index is 12.0. The Hall–Kier alpha value is -3.48. The van der Waals surface area contributed by atoms with Crippen LogP contribution in [0.1, 0.15) is 26.3 Å². The number of hydrogen-bond acceptors (Lipinski definition) is 5. The predicted molar refractivity (Wildman–Crippen MR) is 81.5 cm³/mol. The first-order valence-electron chi connectivity index (χ1n) is 6.41. The van der Waals surface area contributed by atoms with Crippen molar-refractivity contribution in [1.82, 2.24) is 0 Å². The van der Waals surface area contributed by atoms with Crippen LogP contribution in [0.4, 0.5) is 5.69 Å². The van der Waals surface area contributed by atoms with Crippen LogP contribution in [0.25, 0.3) is 6.08 Å². The van der Waals surface area contributed by atoms with Crippen molar-refractivity contribution in [3.05, 3.63) is 75.3 Å². The predicted octanol–water partition coefficient (Wildman–Crippen LogP) is 2.89. The largest absolute Gasteiger partial charge is 0.507 e. The van der Waals surface area contributed by atoms with Gasteiger partial charge in [0.2, 0.25) is 0 Å². The highest BCUT2D eigenvalue weighted by Crippen LogP contribution is 2.20. The van der Waals surface area contributed by atoms with E-state index in [2.05, 4.69) is 0 Å². The summed E-state index contributed by atoms with van der Waals surface area (Å²) in [4.78, 5) is 32.9. The number of nitrogens with zero attached hydrogens (tertiary/aromatic N) is 1. The molecule has 0 aliphatic carbocycles. The fraction of sp³-hybridized carbons (Fsp3) is 0. The van der Waals surface area contributed by atoms with Gasteiger partial charge in [0.15, 0.2) is 5.78 Å². The van der Waals surface area contributed by atoms with Crippen molar-refractivity contribution in [3.8, 4) is 5.75 Å². The van der Waals surface area contributed by atoms with Crippen LogP contribution in [0.3, 0.4) is 0 Å². The molecule has 0 aromatic heterocycles. The van der Waals surface area contributed by atoms with Crippen molar-refractivity contribution < 1.29 is 24.7 Å². The van der Waals surface area contributed by atoms with Gasteiger partial charge in [-0.2, -0.15) is 0 Å². The molecule has 0 saturated carbocycles. The first-order chi connectivity index (χ1) is 10.9. The number of ketones is 1. The van der Waals surface area contributed by atoms with Crippen LogP contribution >= 0.6 is 0 Å². The Kier molecular flexibility index (Phi) is 4.51. The number of rotatable bonds is 5. The number of phenols is 1. The van der Waals surface area contributed by atoms with E-state index in [0.29, 0.717) is 5.56 Å². The molecule has 0 bridgehead atoms. The number of nitro benzene ring substituents is 1. The van der Waals surface area contributed by atoms with Gasteiger partial charge in [-0.1, -0.05) is 6.08 Å². The van der Waals surface area contributed by atoms with Crippen molar-refractivity contribution in [3.63, 3.8) is 0 Å². The lowest BCUT2D eigenvalue weighted by Crippen LogP contribution is -2.01. The molecule has 0 radical (unpaired) electrons. The number of carboxylic acid groups (broad SMARTS) is 1. The third kappa shape index (κ3) is 3.79. The molecule has 2 aromatic carbocycles. The zero-order valence-electron chi connectivity index (χ0n) is 11.7. The number of carboxylic acids is 1. The summed E-state index contributed by atoms with van der Waals surface area (Å²) in [5, 5.41) is 29.1.